The van der Waals surface area contributed by atoms with Crippen LogP contribution in [0, 0.1) is 24.7 Å². The lowest BCUT2D eigenvalue weighted by atomic mass is 9.77. The van der Waals surface area contributed by atoms with Crippen molar-refractivity contribution in [2.24, 2.45) is 17.8 Å². The predicted molar refractivity (Wildman–Crippen MR) is 305 cm³/mol. The van der Waals surface area contributed by atoms with Gasteiger partial charge in [-0.1, -0.05) is 43.7 Å². The largest absolute Gasteiger partial charge is 0.455 e. The molecule has 83 heavy (non-hydrogen) atoms. The number of cyclic esters (lactones) is 1. The monoisotopic (exact) mass is 1310 g/mol. The summed E-state index contributed by atoms with van der Waals surface area (Å²) in [4.78, 5) is 45.0. The molecule has 466 valence electrons. The second-order valence-corrected chi connectivity index (χ2v) is 26.6. The molecule has 21 nitrogen and oxygen atoms in total. The third-order valence-corrected chi connectivity index (χ3v) is 19.3. The number of esters is 2. The van der Waals surface area contributed by atoms with E-state index < -0.39 is 158 Å². The maximum absolute atomic E-state index is 14.4. The number of hydrogen-bond donors (Lipinski definition) is 5. The van der Waals surface area contributed by atoms with E-state index in [1.807, 2.05) is 23.5 Å². The summed E-state index contributed by atoms with van der Waals surface area (Å²) in [5.74, 6) is -5.35. The summed E-state index contributed by atoms with van der Waals surface area (Å²) >= 11 is 1.77. The third-order valence-electron chi connectivity index (χ3n) is 16.4. The molecule has 5 N–H and O–H groups in total. The van der Waals surface area contributed by atoms with Gasteiger partial charge in [-0.15, -0.1) is 0 Å². The number of benzene rings is 2. The molecule has 0 aliphatic carbocycles. The van der Waals surface area contributed by atoms with Crippen LogP contribution in [0.15, 0.2) is 59.5 Å². The molecule has 26 heteroatoms. The predicted octanol–water partition coefficient (Wildman–Crippen LogP) is 5.90. The number of sulfonamides is 1. The van der Waals surface area contributed by atoms with Gasteiger partial charge in [0.2, 0.25) is 5.91 Å². The smallest absolute Gasteiger partial charge is 0.435 e. The highest BCUT2D eigenvalue weighted by Gasteiger charge is 2.53. The molecule has 0 radical (unpaired) electrons. The molecule has 3 fully saturated rings. The molecule has 2 aromatic carbocycles. The molecule has 1 aromatic heterocycles. The van der Waals surface area contributed by atoms with Gasteiger partial charge in [-0.3, -0.25) is 14.4 Å². The number of aromatic nitrogens is 2. The lowest BCUT2D eigenvalue weighted by Crippen LogP contribution is -2.61. The third kappa shape index (κ3) is 16.2. The molecule has 3 aliphatic rings. The Hall–Kier alpha value is -3.91. The van der Waals surface area contributed by atoms with Crippen LogP contribution < -0.4 is 4.72 Å². The Bertz CT molecular complexity index is 2810. The molecule has 3 aliphatic heterocycles. The lowest BCUT2D eigenvalue weighted by molar-refractivity contribution is -0.318. The van der Waals surface area contributed by atoms with Gasteiger partial charge in [-0.05, 0) is 148 Å². The number of halogens is 4. The van der Waals surface area contributed by atoms with Crippen molar-refractivity contribution in [3.8, 4) is 16.9 Å². The Labute approximate surface area is 498 Å². The van der Waals surface area contributed by atoms with Gasteiger partial charge in [0.1, 0.15) is 17.8 Å². The van der Waals surface area contributed by atoms with Crippen LogP contribution in [0.1, 0.15) is 106 Å². The van der Waals surface area contributed by atoms with E-state index in [-0.39, 0.29) is 30.1 Å². The van der Waals surface area contributed by atoms with E-state index in [0.717, 1.165) is 28.4 Å². The number of carbonyl (C=O) groups is 3. The minimum Gasteiger partial charge on any atom is -0.455 e. The zero-order chi connectivity index (χ0) is 62.1. The first-order valence-corrected chi connectivity index (χ1v) is 30.4. The number of aryl methyl sites for hydroxylation is 1. The summed E-state index contributed by atoms with van der Waals surface area (Å²) in [6.45, 7) is 17.1. The van der Waals surface area contributed by atoms with Crippen molar-refractivity contribution in [3.05, 3.63) is 65.9 Å². The van der Waals surface area contributed by atoms with E-state index in [4.69, 9.17) is 33.2 Å². The summed E-state index contributed by atoms with van der Waals surface area (Å²) in [6.07, 6.45) is -15.8. The first-order valence-electron chi connectivity index (χ1n) is 27.7. The summed E-state index contributed by atoms with van der Waals surface area (Å²) in [7, 11) is 2.13. The number of rotatable bonds is 14. The van der Waals surface area contributed by atoms with Crippen LogP contribution in [0.5, 0.6) is 0 Å². The molecule has 0 saturated carbocycles. The number of likely N-dealkylation sites (N-methyl/N-ethyl adjacent to an activating group) is 2. The highest BCUT2D eigenvalue weighted by Crippen LogP contribution is 2.41. The number of aliphatic hydroxyl groups excluding tert-OH is 2. The molecule has 3 aromatic rings. The van der Waals surface area contributed by atoms with Crippen molar-refractivity contribution in [1.29, 1.82) is 0 Å². The van der Waals surface area contributed by atoms with Gasteiger partial charge >= 0.3 is 18.1 Å². The SMILES string of the molecule is CO[C@]1(C)C[C@H](O[C@H]2[C@H](C)[C@@H](O[C@@H]3O[C@H](C)C[C@H](N(C)C)[C@H]3OC(=O)CCC(=O)NS(=O)(=O)c3ccc(-n4nc(C(F)(F)F)cc4-c4ccc(C)cc4)cc3)[C@](C)(O)C[C@@H](C)CN(C)[C@H](C)[C@@H](O)[C@](C)(O)[C@@H](I)OC(=O)[C@@H]2C)O[C@@H](C)[C@@H]1O. The average Bonchev–Trinajstić information content (AvgIpc) is 3.23. The van der Waals surface area contributed by atoms with Crippen LogP contribution in [0.2, 0.25) is 0 Å². The standard InChI is InChI=1S/C57H83F3IN5O16S/c1-30-15-17-37(18-16-30)40-26-42(57(58,59)60)62-66(40)38-19-21-39(22-20-38)83(74,75)63-43(67)23-24-44(68)79-47-41(64(11)12)25-32(3)77-52(47)81-50-33(4)46(80-45-28-55(9,76-14)49(70)36(7)78-45)34(5)51(71)82-53(61)56(10,73)48(69)35(6)65(13)29-31(2)27-54(50,8)72/h15-22,26,31-36,41,45-50,52-53,69-70,72-73H,23-25,27-29H2,1-14H3,(H,63,67)/t31-,32-,33+,34-,35-,36+,41+,45+,46+,47-,48-,49+,50-,52+,53+,54-,55-,56+/m1/s1. The van der Waals surface area contributed by atoms with Crippen LogP contribution >= 0.6 is 22.6 Å². The van der Waals surface area contributed by atoms with E-state index in [9.17, 15) is 56.4 Å². The molecule has 4 heterocycles. The number of amides is 1. The van der Waals surface area contributed by atoms with Crippen LogP contribution in [0.3, 0.4) is 0 Å². The minimum absolute atomic E-state index is 0.00229. The summed E-state index contributed by atoms with van der Waals surface area (Å²) in [5, 5.41) is 51.1. The Morgan fingerprint density at radius 1 is 0.916 bits per heavy atom. The van der Waals surface area contributed by atoms with Crippen molar-refractivity contribution in [2.75, 3.05) is 34.8 Å². The van der Waals surface area contributed by atoms with Gasteiger partial charge < -0.3 is 63.4 Å². The molecule has 18 atom stereocenters. The minimum atomic E-state index is -4.77. The number of alkyl halides is 4. The van der Waals surface area contributed by atoms with E-state index in [1.54, 1.807) is 121 Å². The van der Waals surface area contributed by atoms with Crippen molar-refractivity contribution in [3.63, 3.8) is 0 Å². The fourth-order valence-electron chi connectivity index (χ4n) is 11.4. The second kappa shape index (κ2) is 27.0. The normalized spacial score (nSPS) is 35.7. The zero-order valence-electron chi connectivity index (χ0n) is 49.5. The summed E-state index contributed by atoms with van der Waals surface area (Å²) in [5.41, 5.74) is -4.56. The quantitative estimate of drug-likeness (QED) is 0.0714. The Balaban J connectivity index is 1.27. The van der Waals surface area contributed by atoms with Gasteiger partial charge in [0, 0.05) is 44.0 Å². The molecule has 0 bridgehead atoms. The van der Waals surface area contributed by atoms with Gasteiger partial charge in [0.25, 0.3) is 10.0 Å². The lowest BCUT2D eigenvalue weighted by Gasteiger charge is -2.49. The van der Waals surface area contributed by atoms with E-state index >= 15 is 0 Å². The van der Waals surface area contributed by atoms with Crippen molar-refractivity contribution in [1.82, 2.24) is 24.3 Å². The first kappa shape index (κ1) is 68.2. The highest BCUT2D eigenvalue weighted by molar-refractivity contribution is 14.1. The molecule has 1 amide bonds. The van der Waals surface area contributed by atoms with Crippen LogP contribution in [-0.2, 0) is 63.7 Å². The summed E-state index contributed by atoms with van der Waals surface area (Å²) < 4.78 is 115. The molecule has 0 spiro atoms. The van der Waals surface area contributed by atoms with Gasteiger partial charge in [0.05, 0.1) is 70.3 Å². The summed E-state index contributed by atoms with van der Waals surface area (Å²) in [6, 6.07) is 11.1. The number of carbonyl (C=O) groups excluding carboxylic acids is 3. The van der Waals surface area contributed by atoms with Gasteiger partial charge in [-0.2, -0.15) is 18.3 Å². The van der Waals surface area contributed by atoms with Crippen LogP contribution in [-0.4, -0.2) is 189 Å². The topological polar surface area (TPSA) is 267 Å². The Morgan fingerprint density at radius 2 is 1.54 bits per heavy atom. The fourth-order valence-corrected chi connectivity index (χ4v) is 13.0. The highest BCUT2D eigenvalue weighted by atomic mass is 127. The molecular weight excluding hydrogens is 1230 g/mol. The van der Waals surface area contributed by atoms with Crippen LogP contribution in [0.4, 0.5) is 13.2 Å². The second-order valence-electron chi connectivity index (χ2n) is 23.8. The van der Waals surface area contributed by atoms with E-state index in [0.29, 0.717) is 18.5 Å². The number of nitrogens with zero attached hydrogens (tertiary/aromatic N) is 4. The first-order chi connectivity index (χ1) is 38.4. The van der Waals surface area contributed by atoms with Crippen molar-refractivity contribution >= 4 is 50.5 Å². The number of hydrogen-bond acceptors (Lipinski definition) is 19. The van der Waals surface area contributed by atoms with Crippen molar-refractivity contribution < 1.29 is 89.6 Å². The Morgan fingerprint density at radius 3 is 2.13 bits per heavy atom. The molecule has 6 rings (SSSR count). The zero-order valence-corrected chi connectivity index (χ0v) is 52.5. The fraction of sp³-hybridized carbons (Fsp3) is 0.684. The number of nitrogens with one attached hydrogen (secondary N) is 1. The molecular formula is C57H83F3IN5O16S. The number of aliphatic hydroxyl groups is 4. The van der Waals surface area contributed by atoms with Gasteiger partial charge in [0.15, 0.2) is 28.5 Å². The van der Waals surface area contributed by atoms with E-state index in [1.165, 1.54) is 26.2 Å². The average molecular weight is 1310 g/mol. The van der Waals surface area contributed by atoms with E-state index in [2.05, 4.69) is 5.10 Å². The Kier molecular flexibility index (Phi) is 22.2. The molecule has 3 saturated heterocycles. The van der Waals surface area contributed by atoms with Crippen molar-refractivity contribution in [2.45, 2.75) is 201 Å². The maximum Gasteiger partial charge on any atom is 0.435 e. The number of ether oxygens (including phenoxy) is 7. The number of methoxy groups -OCH3 is 1. The van der Waals surface area contributed by atoms with Crippen LogP contribution in [0.25, 0.3) is 16.9 Å². The maximum atomic E-state index is 14.4. The van der Waals surface area contributed by atoms with Gasteiger partial charge in [-0.25, -0.2) is 17.8 Å². The molecule has 0 unspecified atom stereocenters.